The molecule has 3 heterocycles. The summed E-state index contributed by atoms with van der Waals surface area (Å²) in [5.41, 5.74) is 1.36. The average Bonchev–Trinajstić information content (AvgIpc) is 3.10. The van der Waals surface area contributed by atoms with Gasteiger partial charge in [-0.05, 0) is 60.2 Å². The Bertz CT molecular complexity index is 665. The molecular formula is C14H17NO2S3. The van der Waals surface area contributed by atoms with Crippen LogP contribution in [0.3, 0.4) is 0 Å². The van der Waals surface area contributed by atoms with Crippen LogP contribution in [0.25, 0.3) is 0 Å². The molecule has 0 aliphatic carbocycles. The SMILES string of the molecule is Cc1ccc(S(=O)(=O)N2CCC(c3ccsc3)CC2)s1. The average molecular weight is 327 g/mol. The van der Waals surface area contributed by atoms with E-state index < -0.39 is 10.0 Å². The number of sulfonamides is 1. The van der Waals surface area contributed by atoms with Gasteiger partial charge in [0.2, 0.25) is 0 Å². The Morgan fingerprint density at radius 1 is 1.20 bits per heavy atom. The van der Waals surface area contributed by atoms with Crippen LogP contribution in [0.5, 0.6) is 0 Å². The fraction of sp³-hybridized carbons (Fsp3) is 0.429. The number of rotatable bonds is 3. The molecule has 0 spiro atoms. The molecule has 0 N–H and O–H groups in total. The summed E-state index contributed by atoms with van der Waals surface area (Å²) in [6, 6.07) is 5.75. The largest absolute Gasteiger partial charge is 0.252 e. The third-order valence-corrected chi connectivity index (χ3v) is 7.85. The van der Waals surface area contributed by atoms with Crippen molar-refractivity contribution in [1.82, 2.24) is 4.31 Å². The Kier molecular flexibility index (Phi) is 3.99. The second kappa shape index (κ2) is 5.60. The summed E-state index contributed by atoms with van der Waals surface area (Å²) >= 11 is 3.07. The van der Waals surface area contributed by atoms with Crippen LogP contribution in [0.15, 0.2) is 33.2 Å². The van der Waals surface area contributed by atoms with Crippen LogP contribution in [0.1, 0.15) is 29.2 Å². The first-order chi connectivity index (χ1) is 9.57. The number of nitrogens with zero attached hydrogens (tertiary/aromatic N) is 1. The standard InChI is InChI=1S/C14H17NO2S3/c1-11-2-3-14(19-11)20(16,17)15-7-4-12(5-8-15)13-6-9-18-10-13/h2-3,6,9-10,12H,4-5,7-8H2,1H3. The minimum Gasteiger partial charge on any atom is -0.206 e. The van der Waals surface area contributed by atoms with Crippen LogP contribution in [-0.4, -0.2) is 25.8 Å². The van der Waals surface area contributed by atoms with Crippen molar-refractivity contribution >= 4 is 32.7 Å². The van der Waals surface area contributed by atoms with Crippen LogP contribution in [-0.2, 0) is 10.0 Å². The van der Waals surface area contributed by atoms with E-state index in [9.17, 15) is 8.42 Å². The highest BCUT2D eigenvalue weighted by Crippen LogP contribution is 2.33. The number of piperidine rings is 1. The van der Waals surface area contributed by atoms with Crippen LogP contribution < -0.4 is 0 Å². The molecule has 3 nitrogen and oxygen atoms in total. The zero-order chi connectivity index (χ0) is 14.2. The lowest BCUT2D eigenvalue weighted by atomic mass is 9.92. The molecule has 6 heteroatoms. The molecule has 1 fully saturated rings. The monoisotopic (exact) mass is 327 g/mol. The van der Waals surface area contributed by atoms with E-state index in [0.29, 0.717) is 23.2 Å². The van der Waals surface area contributed by atoms with Gasteiger partial charge in [-0.15, -0.1) is 11.3 Å². The molecule has 108 valence electrons. The van der Waals surface area contributed by atoms with Gasteiger partial charge in [-0.1, -0.05) is 0 Å². The van der Waals surface area contributed by atoms with E-state index in [1.54, 1.807) is 21.7 Å². The molecule has 0 amide bonds. The first-order valence-corrected chi connectivity index (χ1v) is 9.86. The van der Waals surface area contributed by atoms with Crippen molar-refractivity contribution in [3.63, 3.8) is 0 Å². The zero-order valence-electron chi connectivity index (χ0n) is 11.3. The Balaban J connectivity index is 1.72. The lowest BCUT2D eigenvalue weighted by Crippen LogP contribution is -2.37. The summed E-state index contributed by atoms with van der Waals surface area (Å²) in [5, 5.41) is 4.27. The van der Waals surface area contributed by atoms with Gasteiger partial charge in [-0.2, -0.15) is 15.6 Å². The van der Waals surface area contributed by atoms with Crippen molar-refractivity contribution in [2.45, 2.75) is 29.9 Å². The van der Waals surface area contributed by atoms with Gasteiger partial charge in [0.1, 0.15) is 4.21 Å². The Morgan fingerprint density at radius 2 is 1.95 bits per heavy atom. The van der Waals surface area contributed by atoms with E-state index in [-0.39, 0.29) is 0 Å². The molecule has 0 saturated carbocycles. The normalized spacial score (nSPS) is 18.4. The predicted molar refractivity (Wildman–Crippen MR) is 84.1 cm³/mol. The molecule has 1 saturated heterocycles. The molecule has 0 unspecified atom stereocenters. The summed E-state index contributed by atoms with van der Waals surface area (Å²) in [4.78, 5) is 1.04. The maximum Gasteiger partial charge on any atom is 0.252 e. The fourth-order valence-electron chi connectivity index (χ4n) is 2.61. The molecule has 2 aromatic heterocycles. The lowest BCUT2D eigenvalue weighted by molar-refractivity contribution is 0.320. The first-order valence-electron chi connectivity index (χ1n) is 6.66. The van der Waals surface area contributed by atoms with Crippen LogP contribution >= 0.6 is 22.7 Å². The van der Waals surface area contributed by atoms with E-state index in [1.807, 2.05) is 13.0 Å². The van der Waals surface area contributed by atoms with E-state index in [4.69, 9.17) is 0 Å². The van der Waals surface area contributed by atoms with Crippen molar-refractivity contribution in [3.05, 3.63) is 39.4 Å². The quantitative estimate of drug-likeness (QED) is 0.862. The van der Waals surface area contributed by atoms with Crippen molar-refractivity contribution in [2.75, 3.05) is 13.1 Å². The number of hydrogen-bond donors (Lipinski definition) is 0. The van der Waals surface area contributed by atoms with Crippen molar-refractivity contribution in [2.24, 2.45) is 0 Å². The van der Waals surface area contributed by atoms with Gasteiger partial charge in [0.05, 0.1) is 0 Å². The highest BCUT2D eigenvalue weighted by molar-refractivity contribution is 7.91. The van der Waals surface area contributed by atoms with Gasteiger partial charge in [0.15, 0.2) is 0 Å². The van der Waals surface area contributed by atoms with Crippen molar-refractivity contribution < 1.29 is 8.42 Å². The molecule has 2 aromatic rings. The smallest absolute Gasteiger partial charge is 0.206 e. The van der Waals surface area contributed by atoms with Gasteiger partial charge < -0.3 is 0 Å². The predicted octanol–water partition coefficient (Wildman–Crippen LogP) is 3.69. The first kappa shape index (κ1) is 14.3. The summed E-state index contributed by atoms with van der Waals surface area (Å²) < 4.78 is 27.2. The summed E-state index contributed by atoms with van der Waals surface area (Å²) in [5.74, 6) is 0.512. The van der Waals surface area contributed by atoms with E-state index >= 15 is 0 Å². The summed E-state index contributed by atoms with van der Waals surface area (Å²) in [6.07, 6.45) is 1.83. The summed E-state index contributed by atoms with van der Waals surface area (Å²) in [6.45, 7) is 3.19. The Morgan fingerprint density at radius 3 is 2.50 bits per heavy atom. The third-order valence-electron chi connectivity index (χ3n) is 3.78. The van der Waals surface area contributed by atoms with Gasteiger partial charge in [-0.3, -0.25) is 0 Å². The molecule has 0 aromatic carbocycles. The van der Waals surface area contributed by atoms with Gasteiger partial charge >= 0.3 is 0 Å². The van der Waals surface area contributed by atoms with Crippen LogP contribution in [0, 0.1) is 6.92 Å². The second-order valence-electron chi connectivity index (χ2n) is 5.10. The number of aryl methyl sites for hydroxylation is 1. The molecule has 0 radical (unpaired) electrons. The van der Waals surface area contributed by atoms with Crippen molar-refractivity contribution in [1.29, 1.82) is 0 Å². The van der Waals surface area contributed by atoms with E-state index in [0.717, 1.165) is 17.7 Å². The van der Waals surface area contributed by atoms with E-state index in [1.165, 1.54) is 16.9 Å². The van der Waals surface area contributed by atoms with Gasteiger partial charge in [0, 0.05) is 18.0 Å². The maximum atomic E-state index is 12.5. The summed E-state index contributed by atoms with van der Waals surface area (Å²) in [7, 11) is -3.28. The van der Waals surface area contributed by atoms with Crippen LogP contribution in [0.2, 0.25) is 0 Å². The van der Waals surface area contributed by atoms with Gasteiger partial charge in [-0.25, -0.2) is 8.42 Å². The van der Waals surface area contributed by atoms with Crippen molar-refractivity contribution in [3.8, 4) is 0 Å². The number of hydrogen-bond acceptors (Lipinski definition) is 4. The molecule has 3 rings (SSSR count). The zero-order valence-corrected chi connectivity index (χ0v) is 13.7. The minimum atomic E-state index is -3.28. The molecular weight excluding hydrogens is 310 g/mol. The highest BCUT2D eigenvalue weighted by Gasteiger charge is 2.30. The molecule has 20 heavy (non-hydrogen) atoms. The minimum absolute atomic E-state index is 0.476. The second-order valence-corrected chi connectivity index (χ2v) is 9.33. The lowest BCUT2D eigenvalue weighted by Gasteiger charge is -2.30. The van der Waals surface area contributed by atoms with E-state index in [2.05, 4.69) is 16.8 Å². The highest BCUT2D eigenvalue weighted by atomic mass is 32.2. The third kappa shape index (κ3) is 2.70. The molecule has 1 aliphatic heterocycles. The Labute approximate surface area is 127 Å². The van der Waals surface area contributed by atoms with Gasteiger partial charge in [0.25, 0.3) is 10.0 Å². The molecule has 0 bridgehead atoms. The fourth-order valence-corrected chi connectivity index (χ4v) is 6.26. The Hall–Kier alpha value is -0.690. The molecule has 0 atom stereocenters. The maximum absolute atomic E-state index is 12.5. The number of thiophene rings is 2. The topological polar surface area (TPSA) is 37.4 Å². The van der Waals surface area contributed by atoms with Crippen LogP contribution in [0.4, 0.5) is 0 Å². The molecule has 1 aliphatic rings.